The number of carbonyl (C=O) groups excluding carboxylic acids is 1. The molecule has 0 N–H and O–H groups in total. The van der Waals surface area contributed by atoms with E-state index in [1.807, 2.05) is 24.3 Å². The van der Waals surface area contributed by atoms with Crippen LogP contribution in [0, 0.1) is 0 Å². The van der Waals surface area contributed by atoms with E-state index in [-0.39, 0.29) is 17.6 Å². The fourth-order valence-electron chi connectivity index (χ4n) is 3.54. The molecule has 0 saturated carbocycles. The summed E-state index contributed by atoms with van der Waals surface area (Å²) in [5.41, 5.74) is 1.05. The fourth-order valence-corrected chi connectivity index (χ4v) is 3.54. The number of piperidine rings is 1. The van der Waals surface area contributed by atoms with E-state index in [0.29, 0.717) is 25.4 Å². The van der Waals surface area contributed by atoms with E-state index in [4.69, 9.17) is 9.15 Å². The average Bonchev–Trinajstić information content (AvgIpc) is 3.23. The minimum absolute atomic E-state index is 0.0767. The lowest BCUT2D eigenvalue weighted by molar-refractivity contribution is 0.0685. The first-order valence-corrected chi connectivity index (χ1v) is 9.37. The van der Waals surface area contributed by atoms with Crippen LogP contribution in [-0.4, -0.2) is 46.0 Å². The molecule has 3 aromatic rings. The van der Waals surface area contributed by atoms with Crippen LogP contribution in [0.3, 0.4) is 0 Å². The van der Waals surface area contributed by atoms with Crippen molar-refractivity contribution in [2.75, 3.05) is 20.2 Å². The number of methoxy groups -OCH3 is 1. The van der Waals surface area contributed by atoms with Gasteiger partial charge >= 0.3 is 0 Å². The van der Waals surface area contributed by atoms with Crippen LogP contribution in [0.15, 0.2) is 53.3 Å². The summed E-state index contributed by atoms with van der Waals surface area (Å²) in [6.07, 6.45) is 7.38. The number of likely N-dealkylation sites (tertiary alicyclic amines) is 1. The number of ether oxygens (including phenoxy) is 1. The number of benzene rings is 1. The van der Waals surface area contributed by atoms with E-state index in [9.17, 15) is 4.79 Å². The summed E-state index contributed by atoms with van der Waals surface area (Å²) in [6, 6.07) is 9.57. The number of oxazole rings is 1. The second kappa shape index (κ2) is 8.21. The van der Waals surface area contributed by atoms with E-state index >= 15 is 0 Å². The molecule has 28 heavy (non-hydrogen) atoms. The van der Waals surface area contributed by atoms with Crippen molar-refractivity contribution in [3.05, 3.63) is 72.0 Å². The zero-order chi connectivity index (χ0) is 19.3. The Hall–Kier alpha value is -3.22. The number of amides is 1. The van der Waals surface area contributed by atoms with Gasteiger partial charge in [0, 0.05) is 37.5 Å². The maximum atomic E-state index is 12.6. The van der Waals surface area contributed by atoms with E-state index in [1.165, 1.54) is 0 Å². The van der Waals surface area contributed by atoms with Crippen molar-refractivity contribution in [3.8, 4) is 5.75 Å². The molecule has 1 aliphatic rings. The lowest BCUT2D eigenvalue weighted by Crippen LogP contribution is -2.39. The Balaban J connectivity index is 1.45. The Kier molecular flexibility index (Phi) is 5.32. The van der Waals surface area contributed by atoms with E-state index < -0.39 is 0 Å². The number of aromatic nitrogens is 3. The highest BCUT2D eigenvalue weighted by molar-refractivity contribution is 5.90. The minimum Gasteiger partial charge on any atom is -0.496 e. The van der Waals surface area contributed by atoms with Crippen molar-refractivity contribution in [1.29, 1.82) is 0 Å². The van der Waals surface area contributed by atoms with Crippen molar-refractivity contribution in [1.82, 2.24) is 19.9 Å². The van der Waals surface area contributed by atoms with Crippen LogP contribution in [0.2, 0.25) is 0 Å². The van der Waals surface area contributed by atoms with Crippen LogP contribution in [0.25, 0.3) is 0 Å². The lowest BCUT2D eigenvalue weighted by Gasteiger charge is -2.30. The van der Waals surface area contributed by atoms with Gasteiger partial charge in [-0.15, -0.1) is 0 Å². The zero-order valence-corrected chi connectivity index (χ0v) is 15.7. The molecular weight excluding hydrogens is 356 g/mol. The van der Waals surface area contributed by atoms with Gasteiger partial charge in [0.05, 0.1) is 19.2 Å². The molecule has 0 spiro atoms. The number of hydrogen-bond acceptors (Lipinski definition) is 6. The van der Waals surface area contributed by atoms with Gasteiger partial charge in [-0.25, -0.2) is 15.0 Å². The molecule has 2 aromatic heterocycles. The summed E-state index contributed by atoms with van der Waals surface area (Å²) in [4.78, 5) is 27.0. The van der Waals surface area contributed by atoms with E-state index in [2.05, 4.69) is 15.0 Å². The van der Waals surface area contributed by atoms with Crippen molar-refractivity contribution >= 4 is 5.91 Å². The molecule has 1 aliphatic heterocycles. The molecule has 1 atom stereocenters. The van der Waals surface area contributed by atoms with Crippen molar-refractivity contribution in [2.24, 2.45) is 0 Å². The summed E-state index contributed by atoms with van der Waals surface area (Å²) >= 11 is 0. The molecule has 7 heteroatoms. The summed E-state index contributed by atoms with van der Waals surface area (Å²) in [5, 5.41) is 0. The summed E-state index contributed by atoms with van der Waals surface area (Å²) in [5.74, 6) is 2.45. The first-order valence-electron chi connectivity index (χ1n) is 9.37. The van der Waals surface area contributed by atoms with Crippen LogP contribution in [-0.2, 0) is 6.42 Å². The van der Waals surface area contributed by atoms with Gasteiger partial charge < -0.3 is 14.1 Å². The van der Waals surface area contributed by atoms with Gasteiger partial charge in [0.15, 0.2) is 5.89 Å². The number of para-hydroxylation sites is 1. The maximum Gasteiger partial charge on any atom is 0.291 e. The van der Waals surface area contributed by atoms with Crippen LogP contribution in [0.4, 0.5) is 0 Å². The van der Waals surface area contributed by atoms with Crippen molar-refractivity contribution in [2.45, 2.75) is 25.2 Å². The molecule has 4 rings (SSSR count). The third kappa shape index (κ3) is 3.88. The van der Waals surface area contributed by atoms with Gasteiger partial charge in [-0.2, -0.15) is 0 Å². The molecule has 0 unspecified atom stereocenters. The molecule has 3 heterocycles. The minimum atomic E-state index is -0.147. The maximum absolute atomic E-state index is 12.6. The van der Waals surface area contributed by atoms with Crippen LogP contribution < -0.4 is 4.74 Å². The normalized spacial score (nSPS) is 16.8. The van der Waals surface area contributed by atoms with Gasteiger partial charge in [-0.1, -0.05) is 18.2 Å². The average molecular weight is 378 g/mol. The third-order valence-electron chi connectivity index (χ3n) is 4.94. The molecule has 1 fully saturated rings. The second-order valence-electron chi connectivity index (χ2n) is 6.82. The Morgan fingerprint density at radius 3 is 2.86 bits per heavy atom. The highest BCUT2D eigenvalue weighted by atomic mass is 16.5. The number of hydrogen-bond donors (Lipinski definition) is 0. The SMILES string of the molecule is COc1ccccc1Cc1cnc([C@@H]2CCCN(C(=O)c3ncccn3)C2)o1. The Morgan fingerprint density at radius 2 is 2.04 bits per heavy atom. The van der Waals surface area contributed by atoms with Gasteiger partial charge in [0.25, 0.3) is 5.91 Å². The quantitative estimate of drug-likeness (QED) is 0.679. The lowest BCUT2D eigenvalue weighted by atomic mass is 9.98. The smallest absolute Gasteiger partial charge is 0.291 e. The predicted octanol–water partition coefficient (Wildman–Crippen LogP) is 3.08. The van der Waals surface area contributed by atoms with Crippen molar-refractivity contribution < 1.29 is 13.9 Å². The molecule has 0 bridgehead atoms. The molecular formula is C21H22N4O3. The Bertz CT molecular complexity index is 942. The summed E-state index contributed by atoms with van der Waals surface area (Å²) in [7, 11) is 1.66. The first-order chi connectivity index (χ1) is 13.7. The van der Waals surface area contributed by atoms with Crippen molar-refractivity contribution in [3.63, 3.8) is 0 Å². The van der Waals surface area contributed by atoms with Crippen LogP contribution >= 0.6 is 0 Å². The van der Waals surface area contributed by atoms with E-state index in [1.54, 1.807) is 36.7 Å². The van der Waals surface area contributed by atoms with Crippen LogP contribution in [0.5, 0.6) is 5.75 Å². The number of nitrogens with zero attached hydrogens (tertiary/aromatic N) is 4. The van der Waals surface area contributed by atoms with Gasteiger partial charge in [-0.05, 0) is 25.0 Å². The highest BCUT2D eigenvalue weighted by Crippen LogP contribution is 2.28. The molecule has 7 nitrogen and oxygen atoms in total. The van der Waals surface area contributed by atoms with Gasteiger partial charge in [0.1, 0.15) is 11.5 Å². The zero-order valence-electron chi connectivity index (χ0n) is 15.7. The third-order valence-corrected chi connectivity index (χ3v) is 4.94. The molecule has 1 saturated heterocycles. The topological polar surface area (TPSA) is 81.4 Å². The number of rotatable bonds is 5. The Labute approximate surface area is 163 Å². The molecule has 1 amide bonds. The summed E-state index contributed by atoms with van der Waals surface area (Å²) < 4.78 is 11.4. The van der Waals surface area contributed by atoms with Gasteiger partial charge in [0.2, 0.25) is 5.82 Å². The number of carbonyl (C=O) groups is 1. The standard InChI is InChI=1S/C21H22N4O3/c1-27-18-8-3-2-6-15(18)12-17-13-24-20(28-17)16-7-4-11-25(14-16)21(26)19-22-9-5-10-23-19/h2-3,5-6,8-10,13,16H,4,7,11-12,14H2,1H3/t16-/m1/s1. The van der Waals surface area contributed by atoms with E-state index in [0.717, 1.165) is 29.9 Å². The summed E-state index contributed by atoms with van der Waals surface area (Å²) in [6.45, 7) is 1.26. The molecule has 1 aromatic carbocycles. The second-order valence-corrected chi connectivity index (χ2v) is 6.82. The van der Waals surface area contributed by atoms with Gasteiger partial charge in [-0.3, -0.25) is 4.79 Å². The largest absolute Gasteiger partial charge is 0.496 e. The molecule has 0 aliphatic carbocycles. The predicted molar refractivity (Wildman–Crippen MR) is 102 cm³/mol. The highest BCUT2D eigenvalue weighted by Gasteiger charge is 2.29. The molecule has 0 radical (unpaired) electrons. The monoisotopic (exact) mass is 378 g/mol. The first kappa shape index (κ1) is 18.2. The Morgan fingerprint density at radius 1 is 1.21 bits per heavy atom. The fraction of sp³-hybridized carbons (Fsp3) is 0.333. The molecule has 144 valence electrons. The van der Waals surface area contributed by atoms with Crippen LogP contribution in [0.1, 0.15) is 46.6 Å².